The smallest absolute Gasteiger partial charge is 0.372 e. The van der Waals surface area contributed by atoms with Gasteiger partial charge in [0.05, 0.1) is 0 Å². The molecule has 3 fully saturated rings. The highest BCUT2D eigenvalue weighted by Crippen LogP contribution is 2.42. The monoisotopic (exact) mass is 540 g/mol. The van der Waals surface area contributed by atoms with Gasteiger partial charge in [-0.3, -0.25) is 9.59 Å². The van der Waals surface area contributed by atoms with E-state index in [0.29, 0.717) is 51.4 Å². The quantitative estimate of drug-likeness (QED) is 0.216. The topological polar surface area (TPSA) is 180 Å². The van der Waals surface area contributed by atoms with Gasteiger partial charge >= 0.3 is 35.8 Å². The molecule has 2 N–H and O–H groups in total. The van der Waals surface area contributed by atoms with Gasteiger partial charge in [0, 0.05) is 0 Å². The molecule has 3 saturated carbocycles. The Hall–Kier alpha value is -3.18. The van der Waals surface area contributed by atoms with Gasteiger partial charge in [0.1, 0.15) is 0 Å². The zero-order valence-electron chi connectivity index (χ0n) is 21.5. The Bertz CT molecular complexity index is 917. The van der Waals surface area contributed by atoms with E-state index in [1.165, 1.54) is 0 Å². The lowest BCUT2D eigenvalue weighted by molar-refractivity contribution is -0.288. The Balaban J connectivity index is 1.72. The van der Waals surface area contributed by atoms with Crippen LogP contribution in [-0.4, -0.2) is 46.0 Å². The van der Waals surface area contributed by atoms with Crippen molar-refractivity contribution in [2.45, 2.75) is 109 Å². The molecular formula is C26H36O12. The first-order valence-corrected chi connectivity index (χ1v) is 13.4. The number of carboxylic acids is 2. The third-order valence-corrected chi connectivity index (χ3v) is 8.39. The zero-order valence-corrected chi connectivity index (χ0v) is 21.5. The van der Waals surface area contributed by atoms with E-state index in [1.807, 2.05) is 0 Å². The van der Waals surface area contributed by atoms with E-state index >= 15 is 0 Å². The third kappa shape index (κ3) is 5.94. The van der Waals surface area contributed by atoms with Crippen LogP contribution in [0.4, 0.5) is 0 Å². The van der Waals surface area contributed by atoms with E-state index in [4.69, 9.17) is 14.7 Å². The van der Waals surface area contributed by atoms with Crippen LogP contribution >= 0.6 is 0 Å². The normalized spacial score (nSPS) is 22.4. The second-order valence-electron chi connectivity index (χ2n) is 10.7. The fraction of sp³-hybridized carbons (Fsp3) is 0.769. The van der Waals surface area contributed by atoms with Crippen molar-refractivity contribution in [1.82, 2.24) is 0 Å². The molecule has 38 heavy (non-hydrogen) atoms. The summed E-state index contributed by atoms with van der Waals surface area (Å²) < 4.78 is 0. The number of hydrogen-bond acceptors (Lipinski definition) is 10. The predicted octanol–water partition coefficient (Wildman–Crippen LogP) is 3.79. The Kier molecular flexibility index (Phi) is 9.72. The first-order chi connectivity index (χ1) is 18.1. The predicted molar refractivity (Wildman–Crippen MR) is 125 cm³/mol. The Morgan fingerprint density at radius 1 is 0.368 bits per heavy atom. The van der Waals surface area contributed by atoms with Crippen molar-refractivity contribution < 1.29 is 58.5 Å². The van der Waals surface area contributed by atoms with Gasteiger partial charge in [-0.2, -0.15) is 0 Å². The van der Waals surface area contributed by atoms with Crippen LogP contribution in [0.25, 0.3) is 0 Å². The van der Waals surface area contributed by atoms with Crippen LogP contribution < -0.4 is 0 Å². The summed E-state index contributed by atoms with van der Waals surface area (Å²) in [6.07, 6.45) is 6.73. The number of rotatable bonds is 6. The van der Waals surface area contributed by atoms with Crippen LogP contribution in [0.15, 0.2) is 0 Å². The van der Waals surface area contributed by atoms with Crippen LogP contribution in [0, 0.1) is 16.2 Å². The maximum absolute atomic E-state index is 13.2. The Morgan fingerprint density at radius 2 is 0.579 bits per heavy atom. The minimum atomic E-state index is -1.97. The van der Waals surface area contributed by atoms with E-state index in [2.05, 4.69) is 4.89 Å². The molecule has 0 aromatic carbocycles. The molecular weight excluding hydrogens is 504 g/mol. The maximum atomic E-state index is 13.2. The molecule has 0 heterocycles. The molecule has 0 spiro atoms. The summed E-state index contributed by atoms with van der Waals surface area (Å²) in [4.78, 5) is 94.5. The van der Waals surface area contributed by atoms with E-state index in [1.54, 1.807) is 0 Å². The SMILES string of the molecule is O=C(O)C1(C(=O)OOC(=O)C2(C(=O)OOC(=O)C3(C(=O)O)CCCC3)CCCCCC2)CCCCCCC1. The molecule has 12 heteroatoms. The molecule has 12 nitrogen and oxygen atoms in total. The van der Waals surface area contributed by atoms with E-state index in [-0.39, 0.29) is 38.5 Å². The van der Waals surface area contributed by atoms with Gasteiger partial charge in [0.15, 0.2) is 16.2 Å². The molecule has 0 aromatic rings. The minimum absolute atomic E-state index is 0.0349. The van der Waals surface area contributed by atoms with Crippen molar-refractivity contribution in [3.8, 4) is 0 Å². The molecule has 0 aliphatic heterocycles. The minimum Gasteiger partial charge on any atom is -0.480 e. The number of carbonyl (C=O) groups is 6. The van der Waals surface area contributed by atoms with Gasteiger partial charge in [-0.25, -0.2) is 38.7 Å². The summed E-state index contributed by atoms with van der Waals surface area (Å²) in [5.74, 6) is -7.70. The number of carbonyl (C=O) groups excluding carboxylic acids is 4. The van der Waals surface area contributed by atoms with Crippen molar-refractivity contribution in [2.75, 3.05) is 0 Å². The fourth-order valence-corrected chi connectivity index (χ4v) is 5.79. The molecule has 3 rings (SSSR count). The summed E-state index contributed by atoms with van der Waals surface area (Å²) in [5.41, 5.74) is -5.66. The van der Waals surface area contributed by atoms with Crippen LogP contribution in [0.1, 0.15) is 109 Å². The van der Waals surface area contributed by atoms with Gasteiger partial charge < -0.3 is 10.2 Å². The van der Waals surface area contributed by atoms with Crippen LogP contribution in [-0.2, 0) is 48.3 Å². The third-order valence-electron chi connectivity index (χ3n) is 8.39. The summed E-state index contributed by atoms with van der Waals surface area (Å²) in [7, 11) is 0. The summed E-state index contributed by atoms with van der Waals surface area (Å²) in [5, 5.41) is 19.4. The number of hydrogen-bond donors (Lipinski definition) is 2. The molecule has 0 atom stereocenters. The van der Waals surface area contributed by atoms with Crippen molar-refractivity contribution in [3.05, 3.63) is 0 Å². The average molecular weight is 541 g/mol. The molecule has 0 bridgehead atoms. The largest absolute Gasteiger partial charge is 0.480 e. The highest BCUT2D eigenvalue weighted by atomic mass is 17.2. The molecule has 0 saturated heterocycles. The Morgan fingerprint density at radius 3 is 0.868 bits per heavy atom. The van der Waals surface area contributed by atoms with Crippen molar-refractivity contribution >= 4 is 35.8 Å². The van der Waals surface area contributed by atoms with Gasteiger partial charge in [0.25, 0.3) is 0 Å². The summed E-state index contributed by atoms with van der Waals surface area (Å²) in [6, 6.07) is 0. The van der Waals surface area contributed by atoms with E-state index in [9.17, 15) is 39.0 Å². The van der Waals surface area contributed by atoms with Gasteiger partial charge in [-0.05, 0) is 38.5 Å². The molecule has 212 valence electrons. The first kappa shape index (κ1) is 29.4. The van der Waals surface area contributed by atoms with Crippen molar-refractivity contribution in [1.29, 1.82) is 0 Å². The second-order valence-corrected chi connectivity index (χ2v) is 10.7. The average Bonchev–Trinajstić information content (AvgIpc) is 3.25. The van der Waals surface area contributed by atoms with E-state index in [0.717, 1.165) is 19.3 Å². The summed E-state index contributed by atoms with van der Waals surface area (Å²) in [6.45, 7) is 0. The molecule has 3 aliphatic rings. The fourth-order valence-electron chi connectivity index (χ4n) is 5.79. The lowest BCUT2D eigenvalue weighted by Gasteiger charge is -2.29. The lowest BCUT2D eigenvalue weighted by Crippen LogP contribution is -2.45. The molecule has 0 unspecified atom stereocenters. The lowest BCUT2D eigenvalue weighted by atomic mass is 9.76. The molecule has 3 aliphatic carbocycles. The van der Waals surface area contributed by atoms with Crippen LogP contribution in [0.3, 0.4) is 0 Å². The highest BCUT2D eigenvalue weighted by Gasteiger charge is 2.55. The van der Waals surface area contributed by atoms with Crippen molar-refractivity contribution in [3.63, 3.8) is 0 Å². The van der Waals surface area contributed by atoms with E-state index < -0.39 is 52.1 Å². The molecule has 0 radical (unpaired) electrons. The van der Waals surface area contributed by atoms with Gasteiger partial charge in [0.2, 0.25) is 0 Å². The zero-order chi connectivity index (χ0) is 27.8. The summed E-state index contributed by atoms with van der Waals surface area (Å²) >= 11 is 0. The maximum Gasteiger partial charge on any atom is 0.372 e. The Labute approximate surface area is 220 Å². The highest BCUT2D eigenvalue weighted by molar-refractivity contribution is 6.02. The van der Waals surface area contributed by atoms with Gasteiger partial charge in [-0.15, -0.1) is 0 Å². The molecule has 0 aromatic heterocycles. The molecule has 0 amide bonds. The van der Waals surface area contributed by atoms with Crippen LogP contribution in [0.2, 0.25) is 0 Å². The first-order valence-electron chi connectivity index (χ1n) is 13.4. The van der Waals surface area contributed by atoms with Crippen molar-refractivity contribution in [2.24, 2.45) is 16.2 Å². The number of carboxylic acid groups (broad SMARTS) is 2. The standard InChI is InChI=1S/C26H36O12/c27-18(28)24(12-6-2-1-3-7-13-24)20(31)35-37-22(33)26(16-8-4-5-9-17-26)23(34)38-36-21(32)25(19(29)30)14-10-11-15-25/h1-17H2,(H,27,28)(H,29,30). The van der Waals surface area contributed by atoms with Gasteiger partial charge in [-0.1, -0.05) is 70.6 Å². The number of aliphatic carboxylic acids is 2. The van der Waals surface area contributed by atoms with Crippen LogP contribution in [0.5, 0.6) is 0 Å². The second kappa shape index (κ2) is 12.6.